The number of hydrogen-bond donors (Lipinski definition) is 1. The van der Waals surface area contributed by atoms with Crippen molar-refractivity contribution in [3.05, 3.63) is 82.8 Å². The van der Waals surface area contributed by atoms with Gasteiger partial charge in [0.15, 0.2) is 5.16 Å². The Morgan fingerprint density at radius 3 is 2.50 bits per heavy atom. The van der Waals surface area contributed by atoms with Gasteiger partial charge in [0.05, 0.1) is 18.9 Å². The first kappa shape index (κ1) is 20.0. The van der Waals surface area contributed by atoms with E-state index in [-0.39, 0.29) is 17.3 Å². The van der Waals surface area contributed by atoms with Crippen molar-refractivity contribution in [1.82, 2.24) is 14.5 Å². The van der Waals surface area contributed by atoms with Crippen LogP contribution in [0.5, 0.6) is 0 Å². The highest BCUT2D eigenvalue weighted by Gasteiger charge is 2.18. The molecule has 1 N–H and O–H groups in total. The Morgan fingerprint density at radius 2 is 1.80 bits per heavy atom. The Balaban J connectivity index is 1.81. The highest BCUT2D eigenvalue weighted by molar-refractivity contribution is 7.99. The van der Waals surface area contributed by atoms with Gasteiger partial charge < -0.3 is 9.72 Å². The smallest absolute Gasteiger partial charge is 0.316 e. The zero-order chi connectivity index (χ0) is 20.9. The van der Waals surface area contributed by atoms with Gasteiger partial charge in [0.1, 0.15) is 11.0 Å². The van der Waals surface area contributed by atoms with Crippen LogP contribution in [-0.2, 0) is 16.1 Å². The standard InChI is InChI=1S/C23H21N3O3S/c1-2-29-19(27)15-30-23-25-20-18(17-11-7-4-8-12-17)13-24-21(20)22(28)26(23)14-16-9-5-3-6-10-16/h3-13,24H,2,14-15H2,1H3. The van der Waals surface area contributed by atoms with Gasteiger partial charge in [-0.2, -0.15) is 0 Å². The summed E-state index contributed by atoms with van der Waals surface area (Å²) in [6, 6.07) is 19.5. The van der Waals surface area contributed by atoms with Crippen molar-refractivity contribution in [1.29, 1.82) is 0 Å². The Hall–Kier alpha value is -3.32. The lowest BCUT2D eigenvalue weighted by molar-refractivity contribution is -0.139. The Kier molecular flexibility index (Phi) is 5.99. The number of benzene rings is 2. The van der Waals surface area contributed by atoms with Gasteiger partial charge in [0.25, 0.3) is 5.56 Å². The molecule has 30 heavy (non-hydrogen) atoms. The van der Waals surface area contributed by atoms with Gasteiger partial charge in [0, 0.05) is 11.8 Å². The Morgan fingerprint density at radius 1 is 1.10 bits per heavy atom. The van der Waals surface area contributed by atoms with Crippen LogP contribution in [0.2, 0.25) is 0 Å². The van der Waals surface area contributed by atoms with Crippen LogP contribution in [0, 0.1) is 0 Å². The van der Waals surface area contributed by atoms with E-state index in [9.17, 15) is 9.59 Å². The quantitative estimate of drug-likeness (QED) is 0.277. The van der Waals surface area contributed by atoms with Crippen molar-refractivity contribution in [2.75, 3.05) is 12.4 Å². The summed E-state index contributed by atoms with van der Waals surface area (Å²) in [5.74, 6) is -0.244. The molecule has 0 aliphatic rings. The average molecular weight is 420 g/mol. The third-order valence-electron chi connectivity index (χ3n) is 4.64. The molecule has 0 amide bonds. The molecule has 4 rings (SSSR count). The number of hydrogen-bond acceptors (Lipinski definition) is 5. The molecular formula is C23H21N3O3S. The minimum atomic E-state index is -0.333. The van der Waals surface area contributed by atoms with Gasteiger partial charge in [-0.1, -0.05) is 72.4 Å². The van der Waals surface area contributed by atoms with Crippen molar-refractivity contribution < 1.29 is 9.53 Å². The van der Waals surface area contributed by atoms with E-state index in [2.05, 4.69) is 4.98 Å². The number of thioether (sulfide) groups is 1. The summed E-state index contributed by atoms with van der Waals surface area (Å²) < 4.78 is 6.64. The third-order valence-corrected chi connectivity index (χ3v) is 5.59. The first-order chi connectivity index (χ1) is 14.7. The molecule has 0 bridgehead atoms. The highest BCUT2D eigenvalue weighted by atomic mass is 32.2. The molecule has 7 heteroatoms. The second-order valence-corrected chi connectivity index (χ2v) is 7.60. The van der Waals surface area contributed by atoms with E-state index in [4.69, 9.17) is 9.72 Å². The van der Waals surface area contributed by atoms with Gasteiger partial charge in [0.2, 0.25) is 0 Å². The Bertz CT molecular complexity index is 1220. The molecule has 0 aliphatic heterocycles. The normalized spacial score (nSPS) is 11.0. The van der Waals surface area contributed by atoms with Crippen LogP contribution in [0.3, 0.4) is 0 Å². The van der Waals surface area contributed by atoms with Crippen LogP contribution in [0.1, 0.15) is 12.5 Å². The first-order valence-electron chi connectivity index (χ1n) is 9.67. The van der Waals surface area contributed by atoms with Crippen molar-refractivity contribution in [2.45, 2.75) is 18.6 Å². The van der Waals surface area contributed by atoms with Gasteiger partial charge in [-0.05, 0) is 18.1 Å². The number of rotatable bonds is 7. The molecule has 0 saturated carbocycles. The molecule has 0 saturated heterocycles. The minimum absolute atomic E-state index is 0.0890. The average Bonchev–Trinajstić information content (AvgIpc) is 3.20. The van der Waals surface area contributed by atoms with Gasteiger partial charge in [-0.25, -0.2) is 4.98 Å². The van der Waals surface area contributed by atoms with Gasteiger partial charge >= 0.3 is 5.97 Å². The lowest BCUT2D eigenvalue weighted by atomic mass is 10.1. The largest absolute Gasteiger partial charge is 0.465 e. The van der Waals surface area contributed by atoms with E-state index < -0.39 is 0 Å². The summed E-state index contributed by atoms with van der Waals surface area (Å²) in [4.78, 5) is 33.1. The monoisotopic (exact) mass is 419 g/mol. The van der Waals surface area contributed by atoms with Crippen LogP contribution in [0.4, 0.5) is 0 Å². The lowest BCUT2D eigenvalue weighted by Crippen LogP contribution is -2.24. The summed E-state index contributed by atoms with van der Waals surface area (Å²) in [5.41, 5.74) is 3.68. The Labute approximate surface area is 177 Å². The summed E-state index contributed by atoms with van der Waals surface area (Å²) in [6.07, 6.45) is 1.81. The number of aromatic amines is 1. The molecule has 4 aromatic rings. The van der Waals surface area contributed by atoms with E-state index >= 15 is 0 Å². The second kappa shape index (κ2) is 9.00. The maximum Gasteiger partial charge on any atom is 0.316 e. The molecular weight excluding hydrogens is 398 g/mol. The number of ether oxygens (including phenoxy) is 1. The summed E-state index contributed by atoms with van der Waals surface area (Å²) in [5, 5.41) is 0.487. The van der Waals surface area contributed by atoms with E-state index in [1.807, 2.05) is 60.7 Å². The maximum absolute atomic E-state index is 13.3. The third kappa shape index (κ3) is 4.16. The van der Waals surface area contributed by atoms with Gasteiger partial charge in [-0.15, -0.1) is 0 Å². The van der Waals surface area contributed by atoms with Crippen molar-refractivity contribution in [3.8, 4) is 11.1 Å². The summed E-state index contributed by atoms with van der Waals surface area (Å²) in [7, 11) is 0. The zero-order valence-electron chi connectivity index (χ0n) is 16.5. The molecule has 2 aromatic heterocycles. The van der Waals surface area contributed by atoms with Crippen molar-refractivity contribution >= 4 is 28.8 Å². The number of carbonyl (C=O) groups excluding carboxylic acids is 1. The summed E-state index contributed by atoms with van der Waals surface area (Å²) >= 11 is 1.21. The molecule has 2 aromatic carbocycles. The molecule has 0 atom stereocenters. The van der Waals surface area contributed by atoms with Crippen LogP contribution in [-0.4, -0.2) is 32.9 Å². The predicted molar refractivity (Wildman–Crippen MR) is 119 cm³/mol. The van der Waals surface area contributed by atoms with E-state index in [0.717, 1.165) is 16.7 Å². The fourth-order valence-corrected chi connectivity index (χ4v) is 4.04. The number of H-pyrrole nitrogens is 1. The first-order valence-corrected chi connectivity index (χ1v) is 10.7. The number of carbonyl (C=O) groups is 1. The molecule has 0 aliphatic carbocycles. The van der Waals surface area contributed by atoms with Crippen LogP contribution < -0.4 is 5.56 Å². The highest BCUT2D eigenvalue weighted by Crippen LogP contribution is 2.28. The molecule has 6 nitrogen and oxygen atoms in total. The minimum Gasteiger partial charge on any atom is -0.465 e. The topological polar surface area (TPSA) is 77.0 Å². The molecule has 0 fully saturated rings. The van der Waals surface area contributed by atoms with Crippen molar-refractivity contribution in [2.24, 2.45) is 0 Å². The molecule has 0 radical (unpaired) electrons. The fourth-order valence-electron chi connectivity index (χ4n) is 3.25. The van der Waals surface area contributed by atoms with E-state index in [0.29, 0.717) is 29.3 Å². The van der Waals surface area contributed by atoms with Crippen LogP contribution in [0.15, 0.2) is 76.8 Å². The molecule has 0 unspecified atom stereocenters. The number of aromatic nitrogens is 3. The fraction of sp³-hybridized carbons (Fsp3) is 0.174. The van der Waals surface area contributed by atoms with Gasteiger partial charge in [-0.3, -0.25) is 14.2 Å². The molecule has 0 spiro atoms. The number of esters is 1. The van der Waals surface area contributed by atoms with E-state index in [1.54, 1.807) is 17.7 Å². The van der Waals surface area contributed by atoms with Crippen molar-refractivity contribution in [3.63, 3.8) is 0 Å². The maximum atomic E-state index is 13.3. The predicted octanol–water partition coefficient (Wildman–Crippen LogP) is 4.10. The van der Waals surface area contributed by atoms with Crippen LogP contribution in [0.25, 0.3) is 22.2 Å². The number of nitrogens with one attached hydrogen (secondary N) is 1. The number of fused-ring (bicyclic) bond motifs is 1. The lowest BCUT2D eigenvalue weighted by Gasteiger charge is -2.12. The second-order valence-electron chi connectivity index (χ2n) is 6.66. The van der Waals surface area contributed by atoms with E-state index in [1.165, 1.54) is 11.8 Å². The number of nitrogens with zero attached hydrogens (tertiary/aromatic N) is 2. The zero-order valence-corrected chi connectivity index (χ0v) is 17.3. The molecule has 152 valence electrons. The van der Waals surface area contributed by atoms with Crippen LogP contribution >= 0.6 is 11.8 Å². The molecule has 2 heterocycles. The SMILES string of the molecule is CCOC(=O)CSc1nc2c(-c3ccccc3)c[nH]c2c(=O)n1Cc1ccccc1. The summed E-state index contributed by atoms with van der Waals surface area (Å²) in [6.45, 7) is 2.45.